The molecule has 0 unspecified atom stereocenters. The first-order valence-electron chi connectivity index (χ1n) is 16.4. The van der Waals surface area contributed by atoms with E-state index in [4.69, 9.17) is 30.3 Å². The summed E-state index contributed by atoms with van der Waals surface area (Å²) in [5.41, 5.74) is 10.2. The van der Waals surface area contributed by atoms with E-state index in [1.807, 2.05) is 6.92 Å². The zero-order valence-corrected chi connectivity index (χ0v) is 33.7. The topological polar surface area (TPSA) is 366 Å². The summed E-state index contributed by atoms with van der Waals surface area (Å²) in [6.07, 6.45) is 0. The minimum atomic E-state index is -4.98. The van der Waals surface area contributed by atoms with E-state index in [0.717, 1.165) is 29.8 Å². The van der Waals surface area contributed by atoms with Crippen molar-refractivity contribution in [1.82, 2.24) is 5.32 Å². The largest absolute Gasteiger partial charge is 0.478 e. The number of aryl methyl sites for hydroxylation is 1. The first-order valence-corrected chi connectivity index (χ1v) is 21.6. The van der Waals surface area contributed by atoms with Crippen LogP contribution in [0.5, 0.6) is 0 Å². The molecular weight excluding hydrogens is 863 g/mol. The molecule has 0 atom stereocenters. The fourth-order valence-corrected chi connectivity index (χ4v) is 7.23. The van der Waals surface area contributed by atoms with Gasteiger partial charge in [0.1, 0.15) is 33.2 Å². The van der Waals surface area contributed by atoms with Gasteiger partial charge in [0, 0.05) is 18.0 Å². The van der Waals surface area contributed by atoms with Gasteiger partial charge in [0.15, 0.2) is 9.84 Å². The Morgan fingerprint density at radius 2 is 1.34 bits per heavy atom. The average Bonchev–Trinajstić information content (AvgIpc) is 3.16. The molecule has 0 saturated carbocycles. The third kappa shape index (κ3) is 13.6. The van der Waals surface area contributed by atoms with E-state index in [2.05, 4.69) is 40.2 Å². The Morgan fingerprint density at radius 3 is 1.90 bits per heavy atom. The van der Waals surface area contributed by atoms with E-state index in [-0.39, 0.29) is 34.4 Å². The second-order valence-corrected chi connectivity index (χ2v) is 17.0. The van der Waals surface area contributed by atoms with Gasteiger partial charge in [0.2, 0.25) is 0 Å². The van der Waals surface area contributed by atoms with Gasteiger partial charge in [-0.25, -0.2) is 22.3 Å². The summed E-state index contributed by atoms with van der Waals surface area (Å²) in [6, 6.07) is 14.7. The predicted molar refractivity (Wildman–Crippen MR) is 211 cm³/mol. The number of nitrogen functional groups attached to an aromatic ring is 2. The van der Waals surface area contributed by atoms with Gasteiger partial charge < -0.3 is 27.0 Å². The van der Waals surface area contributed by atoms with Crippen molar-refractivity contribution in [2.75, 3.05) is 50.1 Å². The van der Waals surface area contributed by atoms with Crippen LogP contribution in [-0.4, -0.2) is 89.2 Å². The van der Waals surface area contributed by atoms with Crippen LogP contribution in [-0.2, 0) is 43.8 Å². The number of nitrogens with one attached hydrogen (secondary N) is 1. The Morgan fingerprint density at radius 1 is 0.763 bits per heavy atom. The molecule has 4 aromatic rings. The molecule has 4 aromatic carbocycles. The van der Waals surface area contributed by atoms with Gasteiger partial charge in [-0.2, -0.15) is 31.4 Å². The second kappa shape index (κ2) is 20.6. The molecule has 0 aliphatic carbocycles. The van der Waals surface area contributed by atoms with Gasteiger partial charge in [-0.05, 0) is 61.5 Å². The number of anilines is 2. The third-order valence-electron chi connectivity index (χ3n) is 7.35. The summed E-state index contributed by atoms with van der Waals surface area (Å²) < 4.78 is 99.3. The number of aliphatic hydroxyl groups excluding tert-OH is 1. The van der Waals surface area contributed by atoms with Crippen LogP contribution in [0.25, 0.3) is 0 Å². The van der Waals surface area contributed by atoms with E-state index in [1.165, 1.54) is 18.2 Å². The van der Waals surface area contributed by atoms with E-state index >= 15 is 0 Å². The zero-order chi connectivity index (χ0) is 43.4. The fraction of sp³-hybridized carbons (Fsp3) is 0.219. The number of hydrogen-bond donors (Lipinski definition) is 7. The van der Waals surface area contributed by atoms with E-state index < -0.39 is 93.3 Å². The first kappa shape index (κ1) is 46.4. The Kier molecular flexibility index (Phi) is 16.2. The molecule has 0 heterocycles. The zero-order valence-electron chi connectivity index (χ0n) is 30.4. The summed E-state index contributed by atoms with van der Waals surface area (Å²) >= 11 is 0.598. The number of azo groups is 3. The number of hydrogen-bond acceptors (Lipinski definition) is 21. The summed E-state index contributed by atoms with van der Waals surface area (Å²) in [7, 11) is -13.9. The molecule has 59 heavy (non-hydrogen) atoms. The lowest BCUT2D eigenvalue weighted by Gasteiger charge is -2.13. The average molecular weight is 898 g/mol. The SMILES string of the molecule is Cc1ccc(N=Nc2c(N)c(N=Nc3ccc(S(=O)(=O)CCOS(=O)(=O)O)cc3)c(N)c(N=Nc3ccc(SOOCCNCCO)cc3S(=O)(=O)O)c2C(=O)O)cc1. The van der Waals surface area contributed by atoms with E-state index in [1.54, 1.807) is 24.3 Å². The first-order chi connectivity index (χ1) is 27.8. The number of aromatic carboxylic acids is 1. The standard InChI is InChI=1S/C32H35N9O14S4/c1-19-2-4-20(5-3-19)36-39-29-26(32(43)44)30(40-38-24-11-8-22(18-25(24)58(47,48)49)56-55-53-15-13-35-12-14-42)28(34)31(27(29)33)41-37-21-6-9-23(10-7-21)57(45,46)17-16-54-59(50,51)52/h2-11,18,35,42H,12-17,33-34H2,1H3,(H,43,44)(H,47,48,49)(H,50,51,52). The van der Waals surface area contributed by atoms with Crippen molar-refractivity contribution in [3.05, 3.63) is 77.9 Å². The lowest BCUT2D eigenvalue weighted by molar-refractivity contribution is -0.188. The van der Waals surface area contributed by atoms with Gasteiger partial charge in [-0.3, -0.25) is 9.11 Å². The number of carboxylic acid groups (broad SMARTS) is 1. The van der Waals surface area contributed by atoms with Crippen LogP contribution in [0.3, 0.4) is 0 Å². The summed E-state index contributed by atoms with van der Waals surface area (Å²) in [4.78, 5) is 16.8. The van der Waals surface area contributed by atoms with E-state index in [0.29, 0.717) is 25.1 Å². The number of rotatable bonds is 21. The van der Waals surface area contributed by atoms with Crippen LogP contribution < -0.4 is 16.8 Å². The molecule has 0 aromatic heterocycles. The molecule has 9 N–H and O–H groups in total. The molecule has 0 aliphatic heterocycles. The number of benzene rings is 4. The van der Waals surface area contributed by atoms with Crippen molar-refractivity contribution in [3.8, 4) is 0 Å². The highest BCUT2D eigenvalue weighted by molar-refractivity contribution is 7.94. The molecule has 0 saturated heterocycles. The maximum Gasteiger partial charge on any atom is 0.397 e. The monoisotopic (exact) mass is 897 g/mol. The summed E-state index contributed by atoms with van der Waals surface area (Å²) in [5.74, 6) is -2.46. The molecule has 316 valence electrons. The maximum absolute atomic E-state index is 12.8. The van der Waals surface area contributed by atoms with Gasteiger partial charge >= 0.3 is 16.4 Å². The van der Waals surface area contributed by atoms with Crippen molar-refractivity contribution in [2.24, 2.45) is 30.7 Å². The van der Waals surface area contributed by atoms with Crippen LogP contribution in [0, 0.1) is 6.92 Å². The Hall–Kier alpha value is -5.33. The van der Waals surface area contributed by atoms with E-state index in [9.17, 15) is 39.7 Å². The molecule has 23 nitrogen and oxygen atoms in total. The molecule has 0 amide bonds. The van der Waals surface area contributed by atoms with Crippen molar-refractivity contribution < 1.29 is 62.8 Å². The Balaban J connectivity index is 1.77. The normalized spacial score (nSPS) is 12.6. The molecule has 0 fully saturated rings. The number of carbonyl (C=O) groups is 1. The highest BCUT2D eigenvalue weighted by atomic mass is 32.3. The second-order valence-electron chi connectivity index (χ2n) is 11.6. The number of aliphatic hydroxyl groups is 1. The number of nitrogens with two attached hydrogens (primary N) is 2. The van der Waals surface area contributed by atoms with Crippen LogP contribution >= 0.6 is 12.0 Å². The minimum Gasteiger partial charge on any atom is -0.478 e. The number of nitrogens with zero attached hydrogens (tertiary/aromatic N) is 6. The molecule has 0 aliphatic rings. The molecule has 0 spiro atoms. The summed E-state index contributed by atoms with van der Waals surface area (Å²) in [5, 5.41) is 46.0. The molecule has 4 rings (SSSR count). The van der Waals surface area contributed by atoms with Crippen molar-refractivity contribution >= 4 is 93.9 Å². The Bertz CT molecular complexity index is 2570. The molecular formula is C32H35N9O14S4. The van der Waals surface area contributed by atoms with Crippen molar-refractivity contribution in [1.29, 1.82) is 0 Å². The van der Waals surface area contributed by atoms with Gasteiger partial charge in [0.05, 0.1) is 65.3 Å². The molecule has 27 heteroatoms. The quantitative estimate of drug-likeness (QED) is 0.0103. The van der Waals surface area contributed by atoms with Crippen molar-refractivity contribution in [3.63, 3.8) is 0 Å². The van der Waals surface area contributed by atoms with Gasteiger partial charge in [0.25, 0.3) is 10.1 Å². The van der Waals surface area contributed by atoms with Crippen molar-refractivity contribution in [2.45, 2.75) is 21.6 Å². The summed E-state index contributed by atoms with van der Waals surface area (Å²) in [6.45, 7) is 1.64. The molecule has 0 bridgehead atoms. The van der Waals surface area contributed by atoms with Crippen LogP contribution in [0.1, 0.15) is 15.9 Å². The van der Waals surface area contributed by atoms with Gasteiger partial charge in [-0.15, -0.1) is 20.5 Å². The number of sulfone groups is 1. The fourth-order valence-electron chi connectivity index (χ4n) is 4.54. The van der Waals surface area contributed by atoms with Crippen LogP contribution in [0.4, 0.5) is 45.5 Å². The number of carboxylic acids is 1. The maximum atomic E-state index is 12.8. The lowest BCUT2D eigenvalue weighted by atomic mass is 10.1. The molecule has 0 radical (unpaired) electrons. The Labute approximate surface area is 341 Å². The van der Waals surface area contributed by atoms with Crippen LogP contribution in [0.2, 0.25) is 0 Å². The lowest BCUT2D eigenvalue weighted by Crippen LogP contribution is -2.22. The highest BCUT2D eigenvalue weighted by Crippen LogP contribution is 2.49. The highest BCUT2D eigenvalue weighted by Gasteiger charge is 2.27. The predicted octanol–water partition coefficient (Wildman–Crippen LogP) is 5.48. The third-order valence-corrected chi connectivity index (χ3v) is 11.0. The van der Waals surface area contributed by atoms with Crippen LogP contribution in [0.15, 0.2) is 112 Å². The minimum absolute atomic E-state index is 0.0220. The smallest absolute Gasteiger partial charge is 0.397 e. The van der Waals surface area contributed by atoms with Gasteiger partial charge in [-0.1, -0.05) is 17.7 Å².